The van der Waals surface area contributed by atoms with Gasteiger partial charge < -0.3 is 14.9 Å². The van der Waals surface area contributed by atoms with Crippen molar-refractivity contribution in [2.45, 2.75) is 6.61 Å². The Morgan fingerprint density at radius 3 is 2.30 bits per heavy atom. The lowest BCUT2D eigenvalue weighted by Crippen LogP contribution is -2.05. The summed E-state index contributed by atoms with van der Waals surface area (Å²) in [6.07, 6.45) is 0. The molecule has 20 heavy (non-hydrogen) atoms. The van der Waals surface area contributed by atoms with Gasteiger partial charge in [-0.3, -0.25) is 0 Å². The molecular weight excluding hydrogens is 392 g/mol. The van der Waals surface area contributed by atoms with Crippen LogP contribution in [0.25, 0.3) is 0 Å². The molecule has 0 heterocycles. The van der Waals surface area contributed by atoms with Gasteiger partial charge in [-0.1, -0.05) is 31.9 Å². The van der Waals surface area contributed by atoms with Crippen LogP contribution in [0.5, 0.6) is 11.5 Å². The minimum absolute atomic E-state index is 0.0429. The zero-order chi connectivity index (χ0) is 14.7. The maximum atomic E-state index is 11.3. The Hall–Kier alpha value is -1.37. The Bertz CT molecular complexity index is 638. The first kappa shape index (κ1) is 15.0. The minimum Gasteiger partial charge on any atom is -0.478 e. The van der Waals surface area contributed by atoms with Crippen molar-refractivity contribution in [1.29, 1.82) is 0 Å². The monoisotopic (exact) mass is 400 g/mol. The molecular formula is C14H10Br2O4. The summed E-state index contributed by atoms with van der Waals surface area (Å²) in [5, 5.41) is 18.5. The SMILES string of the molecule is O=C(O)c1c(CO)cc(Br)cc1Oc1ccc(Br)cc1. The second kappa shape index (κ2) is 6.39. The average Bonchev–Trinajstić information content (AvgIpc) is 2.40. The summed E-state index contributed by atoms with van der Waals surface area (Å²) in [7, 11) is 0. The lowest BCUT2D eigenvalue weighted by Gasteiger charge is -2.12. The number of carboxylic acids is 1. The maximum Gasteiger partial charge on any atom is 0.339 e. The van der Waals surface area contributed by atoms with E-state index in [0.717, 1.165) is 4.47 Å². The van der Waals surface area contributed by atoms with E-state index in [1.54, 1.807) is 36.4 Å². The van der Waals surface area contributed by atoms with Crippen LogP contribution in [-0.2, 0) is 6.61 Å². The smallest absolute Gasteiger partial charge is 0.339 e. The first-order valence-corrected chi connectivity index (χ1v) is 7.20. The summed E-state index contributed by atoms with van der Waals surface area (Å²) in [6, 6.07) is 10.1. The second-order valence-electron chi connectivity index (χ2n) is 3.96. The number of carbonyl (C=O) groups is 1. The third-order valence-electron chi connectivity index (χ3n) is 2.57. The predicted octanol–water partition coefficient (Wildman–Crippen LogP) is 4.19. The van der Waals surface area contributed by atoms with Crippen molar-refractivity contribution in [2.75, 3.05) is 0 Å². The number of benzene rings is 2. The van der Waals surface area contributed by atoms with Gasteiger partial charge in [0, 0.05) is 8.95 Å². The van der Waals surface area contributed by atoms with Crippen LogP contribution < -0.4 is 4.74 Å². The summed E-state index contributed by atoms with van der Waals surface area (Å²) in [6.45, 7) is -0.377. The molecule has 2 rings (SSSR count). The zero-order valence-electron chi connectivity index (χ0n) is 10.1. The summed E-state index contributed by atoms with van der Waals surface area (Å²) < 4.78 is 7.14. The largest absolute Gasteiger partial charge is 0.478 e. The third-order valence-corrected chi connectivity index (χ3v) is 3.56. The van der Waals surface area contributed by atoms with Crippen molar-refractivity contribution >= 4 is 37.8 Å². The first-order valence-electron chi connectivity index (χ1n) is 5.61. The highest BCUT2D eigenvalue weighted by molar-refractivity contribution is 9.10. The van der Waals surface area contributed by atoms with Gasteiger partial charge in [0.25, 0.3) is 0 Å². The standard InChI is InChI=1S/C14H10Br2O4/c15-9-1-3-11(4-2-9)20-12-6-10(16)5-8(7-17)13(12)14(18)19/h1-6,17H,7H2,(H,18,19). The molecule has 4 nitrogen and oxygen atoms in total. The number of halogens is 2. The predicted molar refractivity (Wildman–Crippen MR) is 81.2 cm³/mol. The lowest BCUT2D eigenvalue weighted by atomic mass is 10.1. The van der Waals surface area contributed by atoms with Gasteiger partial charge in [0.15, 0.2) is 0 Å². The van der Waals surface area contributed by atoms with Crippen molar-refractivity contribution in [3.63, 3.8) is 0 Å². The molecule has 0 aliphatic heterocycles. The molecule has 2 aromatic rings. The summed E-state index contributed by atoms with van der Waals surface area (Å²) >= 11 is 6.58. The average molecular weight is 402 g/mol. The molecule has 2 aromatic carbocycles. The topological polar surface area (TPSA) is 66.8 Å². The Balaban J connectivity index is 2.47. The number of ether oxygens (including phenoxy) is 1. The van der Waals surface area contributed by atoms with E-state index in [-0.39, 0.29) is 17.9 Å². The summed E-state index contributed by atoms with van der Waals surface area (Å²) in [5.74, 6) is -0.454. The van der Waals surface area contributed by atoms with Crippen LogP contribution in [0.3, 0.4) is 0 Å². The van der Waals surface area contributed by atoms with Gasteiger partial charge in [0.1, 0.15) is 17.1 Å². The second-order valence-corrected chi connectivity index (χ2v) is 5.79. The van der Waals surface area contributed by atoms with E-state index in [9.17, 15) is 15.0 Å². The molecule has 0 atom stereocenters. The number of aliphatic hydroxyl groups is 1. The van der Waals surface area contributed by atoms with Crippen LogP contribution in [0, 0.1) is 0 Å². The highest BCUT2D eigenvalue weighted by atomic mass is 79.9. The summed E-state index contributed by atoms with van der Waals surface area (Å²) in [5.41, 5.74) is 0.248. The van der Waals surface area contributed by atoms with E-state index in [1.807, 2.05) is 0 Å². The van der Waals surface area contributed by atoms with Crippen molar-refractivity contribution in [2.24, 2.45) is 0 Å². The molecule has 0 amide bonds. The van der Waals surface area contributed by atoms with Gasteiger partial charge in [-0.25, -0.2) is 4.79 Å². The third kappa shape index (κ3) is 3.39. The Morgan fingerprint density at radius 2 is 1.75 bits per heavy atom. The fourth-order valence-electron chi connectivity index (χ4n) is 1.71. The van der Waals surface area contributed by atoms with E-state index < -0.39 is 5.97 Å². The molecule has 2 N–H and O–H groups in total. The normalized spacial score (nSPS) is 10.3. The van der Waals surface area contributed by atoms with E-state index in [0.29, 0.717) is 15.8 Å². The molecule has 104 valence electrons. The molecule has 0 aromatic heterocycles. The van der Waals surface area contributed by atoms with Gasteiger partial charge >= 0.3 is 5.97 Å². The number of aromatic carboxylic acids is 1. The van der Waals surface area contributed by atoms with Crippen molar-refractivity contribution in [3.8, 4) is 11.5 Å². The number of hydrogen-bond acceptors (Lipinski definition) is 3. The van der Waals surface area contributed by atoms with Crippen molar-refractivity contribution in [1.82, 2.24) is 0 Å². The molecule has 0 spiro atoms. The van der Waals surface area contributed by atoms with Crippen LogP contribution >= 0.6 is 31.9 Å². The van der Waals surface area contributed by atoms with E-state index in [2.05, 4.69) is 31.9 Å². The van der Waals surface area contributed by atoms with E-state index in [1.165, 1.54) is 0 Å². The molecule has 0 fully saturated rings. The summed E-state index contributed by atoms with van der Waals surface area (Å²) in [4.78, 5) is 11.3. The van der Waals surface area contributed by atoms with Gasteiger partial charge in [-0.15, -0.1) is 0 Å². The molecule has 0 aliphatic rings. The molecule has 0 saturated heterocycles. The van der Waals surface area contributed by atoms with Gasteiger partial charge in [-0.2, -0.15) is 0 Å². The van der Waals surface area contributed by atoms with Crippen LogP contribution in [0.1, 0.15) is 15.9 Å². The highest BCUT2D eigenvalue weighted by Gasteiger charge is 2.18. The number of hydrogen-bond donors (Lipinski definition) is 2. The molecule has 0 aliphatic carbocycles. The Labute approximate surface area is 132 Å². The van der Waals surface area contributed by atoms with E-state index >= 15 is 0 Å². The van der Waals surface area contributed by atoms with Gasteiger partial charge in [0.2, 0.25) is 0 Å². The van der Waals surface area contributed by atoms with Crippen molar-refractivity contribution < 1.29 is 19.7 Å². The van der Waals surface area contributed by atoms with Gasteiger partial charge in [-0.05, 0) is 42.0 Å². The van der Waals surface area contributed by atoms with Crippen LogP contribution in [0.15, 0.2) is 45.3 Å². The Kier molecular flexibility index (Phi) is 4.80. The number of carboxylic acid groups (broad SMARTS) is 1. The van der Waals surface area contributed by atoms with Crippen LogP contribution in [0.2, 0.25) is 0 Å². The quantitative estimate of drug-likeness (QED) is 0.805. The lowest BCUT2D eigenvalue weighted by molar-refractivity contribution is 0.0690. The Morgan fingerprint density at radius 1 is 1.10 bits per heavy atom. The molecule has 0 saturated carbocycles. The minimum atomic E-state index is -1.14. The van der Waals surface area contributed by atoms with E-state index in [4.69, 9.17) is 4.74 Å². The number of aliphatic hydroxyl groups excluding tert-OH is 1. The van der Waals surface area contributed by atoms with Crippen molar-refractivity contribution in [3.05, 3.63) is 56.5 Å². The maximum absolute atomic E-state index is 11.3. The van der Waals surface area contributed by atoms with Crippen LogP contribution in [0.4, 0.5) is 0 Å². The molecule has 0 unspecified atom stereocenters. The zero-order valence-corrected chi connectivity index (χ0v) is 13.3. The van der Waals surface area contributed by atoms with Crippen LogP contribution in [-0.4, -0.2) is 16.2 Å². The molecule has 0 bridgehead atoms. The highest BCUT2D eigenvalue weighted by Crippen LogP contribution is 2.32. The first-order chi connectivity index (χ1) is 9.51. The molecule has 6 heteroatoms. The fourth-order valence-corrected chi connectivity index (χ4v) is 2.46. The molecule has 0 radical (unpaired) electrons. The van der Waals surface area contributed by atoms with Gasteiger partial charge in [0.05, 0.1) is 6.61 Å². The number of rotatable bonds is 4. The fraction of sp³-hybridized carbons (Fsp3) is 0.0714.